The maximum absolute atomic E-state index is 13.9. The number of rotatable bonds is 7. The molecule has 36 heavy (non-hydrogen) atoms. The van der Waals surface area contributed by atoms with E-state index in [1.54, 1.807) is 0 Å². The minimum Gasteiger partial charge on any atom is -0.490 e. The first-order valence-corrected chi connectivity index (χ1v) is 14.1. The van der Waals surface area contributed by atoms with Crippen LogP contribution in [0.1, 0.15) is 92.1 Å². The van der Waals surface area contributed by atoms with Gasteiger partial charge in [0.1, 0.15) is 0 Å². The molecule has 0 amide bonds. The predicted octanol–water partition coefficient (Wildman–Crippen LogP) is 7.34. The van der Waals surface area contributed by atoms with Crippen LogP contribution in [-0.4, -0.2) is 36.2 Å². The van der Waals surface area contributed by atoms with Crippen molar-refractivity contribution in [1.29, 1.82) is 0 Å². The van der Waals surface area contributed by atoms with Gasteiger partial charge >= 0.3 is 0 Å². The number of ether oxygens (including phenoxy) is 2. The molecule has 0 fully saturated rings. The third kappa shape index (κ3) is 4.90. The molecule has 0 spiro atoms. The molecule has 0 atom stereocenters. The van der Waals surface area contributed by atoms with E-state index in [2.05, 4.69) is 55.4 Å². The van der Waals surface area contributed by atoms with Crippen molar-refractivity contribution in [3.8, 4) is 11.5 Å². The Labute approximate surface area is 224 Å². The van der Waals surface area contributed by atoms with Gasteiger partial charge in [0, 0.05) is 47.8 Å². The number of ketones is 2. The zero-order valence-corrected chi connectivity index (χ0v) is 24.4. The molecular weight excluding hydrogens is 518 g/mol. The van der Waals surface area contributed by atoms with Crippen molar-refractivity contribution in [2.45, 2.75) is 86.5 Å². The van der Waals surface area contributed by atoms with E-state index >= 15 is 0 Å². The lowest BCUT2D eigenvalue weighted by molar-refractivity contribution is -0.119. The lowest BCUT2D eigenvalue weighted by Gasteiger charge is -2.49. The second-order valence-corrected chi connectivity index (χ2v) is 12.7. The summed E-state index contributed by atoms with van der Waals surface area (Å²) in [5, 5.41) is 0. The Hall–Kier alpha value is -2.08. The van der Waals surface area contributed by atoms with E-state index in [1.165, 1.54) is 0 Å². The second-order valence-electron chi connectivity index (χ2n) is 11.9. The number of carbonyl (C=O) groups is 2. The summed E-state index contributed by atoms with van der Waals surface area (Å²) in [6.07, 6.45) is 3.58. The van der Waals surface area contributed by atoms with Gasteiger partial charge in [-0.25, -0.2) is 0 Å². The average molecular weight is 559 g/mol. The van der Waals surface area contributed by atoms with E-state index < -0.39 is 0 Å². The topological polar surface area (TPSA) is 55.8 Å². The SMILES string of the molecule is CCCN1C2=C(C(=O)CC(C)(C)C2)C(c2cc(Br)c(OCC)c(OCC)c2)C2=C1CC(C)(C)CC2=O. The average Bonchev–Trinajstić information content (AvgIpc) is 2.75. The number of allylic oxidation sites excluding steroid dienone is 4. The number of halogens is 1. The van der Waals surface area contributed by atoms with Crippen LogP contribution in [0.2, 0.25) is 0 Å². The number of Topliss-reactive ketones (excluding diaryl/α,β-unsaturated/α-hetero) is 2. The number of benzene rings is 1. The first kappa shape index (κ1) is 27.0. The maximum Gasteiger partial charge on any atom is 0.175 e. The van der Waals surface area contributed by atoms with Crippen LogP contribution in [0.25, 0.3) is 0 Å². The highest BCUT2D eigenvalue weighted by molar-refractivity contribution is 9.10. The van der Waals surface area contributed by atoms with Gasteiger partial charge in [0.05, 0.1) is 17.7 Å². The van der Waals surface area contributed by atoms with E-state index in [0.717, 1.165) is 58.4 Å². The highest BCUT2D eigenvalue weighted by Crippen LogP contribution is 2.55. The molecule has 5 nitrogen and oxygen atoms in total. The minimum atomic E-state index is -0.388. The molecule has 0 aromatic heterocycles. The van der Waals surface area contributed by atoms with Crippen LogP contribution in [0.15, 0.2) is 39.1 Å². The van der Waals surface area contributed by atoms with Crippen molar-refractivity contribution in [3.63, 3.8) is 0 Å². The van der Waals surface area contributed by atoms with E-state index in [-0.39, 0.29) is 28.3 Å². The zero-order chi connectivity index (χ0) is 26.4. The van der Waals surface area contributed by atoms with Crippen molar-refractivity contribution in [2.24, 2.45) is 10.8 Å². The Balaban J connectivity index is 2.01. The molecule has 0 bridgehead atoms. The fraction of sp³-hybridized carbons (Fsp3) is 0.600. The van der Waals surface area contributed by atoms with Crippen LogP contribution in [0.5, 0.6) is 11.5 Å². The quantitative estimate of drug-likeness (QED) is 0.351. The van der Waals surface area contributed by atoms with Crippen LogP contribution in [0.4, 0.5) is 0 Å². The molecule has 0 saturated carbocycles. The van der Waals surface area contributed by atoms with Crippen molar-refractivity contribution in [1.82, 2.24) is 4.90 Å². The van der Waals surface area contributed by atoms with Gasteiger partial charge in [0.25, 0.3) is 0 Å². The number of carbonyl (C=O) groups excluding carboxylic acids is 2. The Bertz CT molecular complexity index is 1090. The van der Waals surface area contributed by atoms with E-state index in [4.69, 9.17) is 9.47 Å². The molecule has 6 heteroatoms. The van der Waals surface area contributed by atoms with Crippen molar-refractivity contribution in [2.75, 3.05) is 19.8 Å². The van der Waals surface area contributed by atoms with E-state index in [9.17, 15) is 9.59 Å². The summed E-state index contributed by atoms with van der Waals surface area (Å²) in [6, 6.07) is 4.00. The second kappa shape index (κ2) is 10.00. The summed E-state index contributed by atoms with van der Waals surface area (Å²) in [7, 11) is 0. The predicted molar refractivity (Wildman–Crippen MR) is 146 cm³/mol. The molecule has 1 aliphatic heterocycles. The molecule has 4 rings (SSSR count). The molecule has 0 unspecified atom stereocenters. The third-order valence-corrected chi connectivity index (χ3v) is 8.01. The molecule has 0 N–H and O–H groups in total. The Kier molecular flexibility index (Phi) is 7.49. The van der Waals surface area contributed by atoms with Crippen LogP contribution >= 0.6 is 15.9 Å². The molecule has 1 aromatic rings. The highest BCUT2D eigenvalue weighted by atomic mass is 79.9. The molecular formula is C30H40BrNO4. The molecule has 196 valence electrons. The Morgan fingerprint density at radius 1 is 0.861 bits per heavy atom. The van der Waals surface area contributed by atoms with Gasteiger partial charge in [-0.2, -0.15) is 0 Å². The van der Waals surface area contributed by atoms with Crippen molar-refractivity contribution < 1.29 is 19.1 Å². The van der Waals surface area contributed by atoms with E-state index in [1.807, 2.05) is 26.0 Å². The summed E-state index contributed by atoms with van der Waals surface area (Å²) in [5.74, 6) is 1.21. The molecule has 0 saturated heterocycles. The van der Waals surface area contributed by atoms with Crippen LogP contribution in [-0.2, 0) is 9.59 Å². The van der Waals surface area contributed by atoms with Crippen LogP contribution < -0.4 is 9.47 Å². The molecule has 1 heterocycles. The van der Waals surface area contributed by atoms with Crippen LogP contribution in [0.3, 0.4) is 0 Å². The standard InChI is InChI=1S/C30H40BrNO4/c1-8-11-32-20-14-29(4,5)16-22(33)26(20)25(27-21(32)15-30(6,7)17-23(27)34)18-12-19(31)28(36-10-3)24(13-18)35-9-2/h12-13,25H,8-11,14-17H2,1-7H3. The first-order chi connectivity index (χ1) is 16.9. The Morgan fingerprint density at radius 3 is 1.86 bits per heavy atom. The summed E-state index contributed by atoms with van der Waals surface area (Å²) < 4.78 is 12.6. The summed E-state index contributed by atoms with van der Waals surface area (Å²) >= 11 is 3.70. The monoisotopic (exact) mass is 557 g/mol. The normalized spacial score (nSPS) is 21.5. The molecule has 0 radical (unpaired) electrons. The molecule has 2 aliphatic carbocycles. The van der Waals surface area contributed by atoms with Gasteiger partial charge < -0.3 is 14.4 Å². The summed E-state index contributed by atoms with van der Waals surface area (Å²) in [4.78, 5) is 30.1. The smallest absolute Gasteiger partial charge is 0.175 e. The third-order valence-electron chi connectivity index (χ3n) is 7.42. The van der Waals surface area contributed by atoms with Gasteiger partial charge in [-0.15, -0.1) is 0 Å². The molecule has 3 aliphatic rings. The van der Waals surface area contributed by atoms with Crippen molar-refractivity contribution >= 4 is 27.5 Å². The zero-order valence-electron chi connectivity index (χ0n) is 22.8. The van der Waals surface area contributed by atoms with Gasteiger partial charge in [0.15, 0.2) is 23.1 Å². The van der Waals surface area contributed by atoms with Crippen LogP contribution in [0, 0.1) is 10.8 Å². The van der Waals surface area contributed by atoms with Gasteiger partial charge in [0.2, 0.25) is 0 Å². The van der Waals surface area contributed by atoms with Gasteiger partial charge in [-0.3, -0.25) is 9.59 Å². The van der Waals surface area contributed by atoms with E-state index in [0.29, 0.717) is 37.6 Å². The summed E-state index contributed by atoms with van der Waals surface area (Å²) in [5.41, 5.74) is 4.49. The lowest BCUT2D eigenvalue weighted by Crippen LogP contribution is -2.44. The fourth-order valence-corrected chi connectivity index (χ4v) is 6.75. The number of nitrogens with zero attached hydrogens (tertiary/aromatic N) is 1. The van der Waals surface area contributed by atoms with Crippen molar-refractivity contribution in [3.05, 3.63) is 44.7 Å². The van der Waals surface area contributed by atoms with Gasteiger partial charge in [-0.1, -0.05) is 34.6 Å². The highest BCUT2D eigenvalue weighted by Gasteiger charge is 2.49. The number of hydrogen-bond donors (Lipinski definition) is 0. The number of hydrogen-bond acceptors (Lipinski definition) is 5. The van der Waals surface area contributed by atoms with Gasteiger partial charge in [-0.05, 0) is 77.6 Å². The summed E-state index contributed by atoms with van der Waals surface area (Å²) in [6.45, 7) is 16.6. The fourth-order valence-electron chi connectivity index (χ4n) is 6.18. The Morgan fingerprint density at radius 2 is 1.39 bits per heavy atom. The maximum atomic E-state index is 13.9. The lowest BCUT2D eigenvalue weighted by atomic mass is 9.63. The minimum absolute atomic E-state index is 0.116. The first-order valence-electron chi connectivity index (χ1n) is 13.3. The molecule has 1 aromatic carbocycles. The largest absolute Gasteiger partial charge is 0.490 e.